The molecule has 0 saturated heterocycles. The molecule has 5 heteroatoms. The monoisotopic (exact) mass is 375 g/mol. The largest absolute Gasteiger partial charge is 0.356 e. The second kappa shape index (κ2) is 6.07. The van der Waals surface area contributed by atoms with E-state index in [4.69, 9.17) is 0 Å². The average Bonchev–Trinajstić information content (AvgIpc) is 3.19. The number of aliphatic imine (C=N–C) groups is 1. The maximum absolute atomic E-state index is 13.3. The molecule has 2 aliphatic rings. The van der Waals surface area contributed by atoms with Crippen LogP contribution in [0.1, 0.15) is 24.8 Å². The minimum Gasteiger partial charge on any atom is -0.356 e. The molecule has 0 unspecified atom stereocenters. The van der Waals surface area contributed by atoms with Gasteiger partial charge in [-0.3, -0.25) is 4.99 Å². The molecule has 0 radical (unpaired) electrons. The summed E-state index contributed by atoms with van der Waals surface area (Å²) in [5.41, 5.74) is 1.22. The molecule has 1 heterocycles. The SMILES string of the molecule is Fc1cccc(C2(CNC3=NCCCN3)CC2)c1.I. The lowest BCUT2D eigenvalue weighted by Crippen LogP contribution is -2.43. The van der Waals surface area contributed by atoms with Gasteiger partial charge in [0, 0.05) is 25.0 Å². The molecule has 3 rings (SSSR count). The number of benzene rings is 1. The van der Waals surface area contributed by atoms with Crippen LogP contribution < -0.4 is 10.6 Å². The van der Waals surface area contributed by atoms with E-state index in [0.717, 1.165) is 50.4 Å². The number of hydrogen-bond acceptors (Lipinski definition) is 3. The fourth-order valence-electron chi connectivity index (χ4n) is 2.44. The molecule has 0 spiro atoms. The van der Waals surface area contributed by atoms with Gasteiger partial charge in [0.25, 0.3) is 0 Å². The van der Waals surface area contributed by atoms with Crippen molar-refractivity contribution < 1.29 is 4.39 Å². The normalized spacial score (nSPS) is 19.7. The summed E-state index contributed by atoms with van der Waals surface area (Å²) in [6.45, 7) is 2.71. The van der Waals surface area contributed by atoms with Gasteiger partial charge in [0.15, 0.2) is 5.96 Å². The van der Waals surface area contributed by atoms with Crippen molar-refractivity contribution >= 4 is 29.9 Å². The number of guanidine groups is 1. The van der Waals surface area contributed by atoms with Crippen LogP contribution in [-0.4, -0.2) is 25.6 Å². The number of halogens is 2. The van der Waals surface area contributed by atoms with Crippen LogP contribution in [0.4, 0.5) is 4.39 Å². The van der Waals surface area contributed by atoms with E-state index in [0.29, 0.717) is 0 Å². The summed E-state index contributed by atoms with van der Waals surface area (Å²) in [6, 6.07) is 6.97. The molecular formula is C14H19FIN3. The van der Waals surface area contributed by atoms with Gasteiger partial charge in [-0.05, 0) is 37.0 Å². The molecule has 1 aliphatic heterocycles. The third-order valence-corrected chi connectivity index (χ3v) is 3.78. The first-order chi connectivity index (χ1) is 8.78. The van der Waals surface area contributed by atoms with Crippen LogP contribution in [0.5, 0.6) is 0 Å². The van der Waals surface area contributed by atoms with Crippen LogP contribution in [0, 0.1) is 5.82 Å². The molecule has 1 aromatic rings. The van der Waals surface area contributed by atoms with Gasteiger partial charge in [0.05, 0.1) is 0 Å². The molecule has 3 nitrogen and oxygen atoms in total. The zero-order valence-electron chi connectivity index (χ0n) is 10.8. The van der Waals surface area contributed by atoms with Gasteiger partial charge >= 0.3 is 0 Å². The fourth-order valence-corrected chi connectivity index (χ4v) is 2.44. The van der Waals surface area contributed by atoms with Crippen molar-refractivity contribution in [1.82, 2.24) is 10.6 Å². The molecule has 1 aromatic carbocycles. The van der Waals surface area contributed by atoms with Gasteiger partial charge in [-0.25, -0.2) is 4.39 Å². The highest BCUT2D eigenvalue weighted by Gasteiger charge is 2.44. The first-order valence-electron chi connectivity index (χ1n) is 6.57. The van der Waals surface area contributed by atoms with E-state index in [-0.39, 0.29) is 35.2 Å². The maximum atomic E-state index is 13.3. The first-order valence-corrected chi connectivity index (χ1v) is 6.57. The van der Waals surface area contributed by atoms with Crippen LogP contribution >= 0.6 is 24.0 Å². The topological polar surface area (TPSA) is 36.4 Å². The minimum absolute atomic E-state index is 0. The Labute approximate surface area is 130 Å². The zero-order chi connectivity index (χ0) is 12.4. The third-order valence-electron chi connectivity index (χ3n) is 3.78. The Morgan fingerprint density at radius 1 is 1.37 bits per heavy atom. The van der Waals surface area contributed by atoms with Gasteiger partial charge in [-0.2, -0.15) is 0 Å². The van der Waals surface area contributed by atoms with Gasteiger partial charge in [-0.15, -0.1) is 24.0 Å². The minimum atomic E-state index is -0.146. The zero-order valence-corrected chi connectivity index (χ0v) is 13.1. The summed E-state index contributed by atoms with van der Waals surface area (Å²) in [4.78, 5) is 4.39. The van der Waals surface area contributed by atoms with E-state index in [1.165, 1.54) is 6.07 Å². The molecular weight excluding hydrogens is 356 g/mol. The highest BCUT2D eigenvalue weighted by Crippen LogP contribution is 2.47. The second-order valence-corrected chi connectivity index (χ2v) is 5.15. The van der Waals surface area contributed by atoms with Gasteiger partial charge in [0.1, 0.15) is 5.82 Å². The Kier molecular flexibility index (Phi) is 4.65. The molecule has 0 atom stereocenters. The summed E-state index contributed by atoms with van der Waals surface area (Å²) >= 11 is 0. The Morgan fingerprint density at radius 2 is 2.21 bits per heavy atom. The fraction of sp³-hybridized carbons (Fsp3) is 0.500. The summed E-state index contributed by atoms with van der Waals surface area (Å²) in [5.74, 6) is 0.746. The van der Waals surface area contributed by atoms with Crippen LogP contribution in [0.3, 0.4) is 0 Å². The van der Waals surface area contributed by atoms with Crippen molar-refractivity contribution in [1.29, 1.82) is 0 Å². The van der Waals surface area contributed by atoms with Crippen LogP contribution in [-0.2, 0) is 5.41 Å². The van der Waals surface area contributed by atoms with E-state index >= 15 is 0 Å². The number of hydrogen-bond donors (Lipinski definition) is 2. The van der Waals surface area contributed by atoms with Crippen molar-refractivity contribution in [2.45, 2.75) is 24.7 Å². The van der Waals surface area contributed by atoms with Crippen molar-refractivity contribution in [3.63, 3.8) is 0 Å². The molecule has 1 saturated carbocycles. The summed E-state index contributed by atoms with van der Waals surface area (Å²) in [7, 11) is 0. The lowest BCUT2D eigenvalue weighted by Gasteiger charge is -2.21. The summed E-state index contributed by atoms with van der Waals surface area (Å²) in [5, 5.41) is 6.61. The Bertz CT molecular complexity index is 472. The Hall–Kier alpha value is -0.850. The van der Waals surface area contributed by atoms with Crippen LogP contribution in [0.2, 0.25) is 0 Å². The van der Waals surface area contributed by atoms with E-state index in [1.807, 2.05) is 6.07 Å². The van der Waals surface area contributed by atoms with Crippen molar-refractivity contribution in [3.8, 4) is 0 Å². The molecule has 19 heavy (non-hydrogen) atoms. The highest BCUT2D eigenvalue weighted by atomic mass is 127. The Balaban J connectivity index is 0.00000133. The van der Waals surface area contributed by atoms with Crippen molar-refractivity contribution in [2.24, 2.45) is 4.99 Å². The third kappa shape index (κ3) is 3.38. The lowest BCUT2D eigenvalue weighted by atomic mass is 9.96. The highest BCUT2D eigenvalue weighted by molar-refractivity contribution is 14.0. The van der Waals surface area contributed by atoms with Crippen LogP contribution in [0.25, 0.3) is 0 Å². The molecule has 2 N–H and O–H groups in total. The number of nitrogens with zero attached hydrogens (tertiary/aromatic N) is 1. The van der Waals surface area contributed by atoms with Gasteiger partial charge in [-0.1, -0.05) is 12.1 Å². The van der Waals surface area contributed by atoms with E-state index in [9.17, 15) is 4.39 Å². The smallest absolute Gasteiger partial charge is 0.191 e. The molecule has 0 bridgehead atoms. The van der Waals surface area contributed by atoms with E-state index in [1.54, 1.807) is 12.1 Å². The van der Waals surface area contributed by atoms with E-state index in [2.05, 4.69) is 15.6 Å². The predicted molar refractivity (Wildman–Crippen MR) is 85.7 cm³/mol. The predicted octanol–water partition coefficient (Wildman–Crippen LogP) is 2.41. The average molecular weight is 375 g/mol. The van der Waals surface area contributed by atoms with Crippen molar-refractivity contribution in [2.75, 3.05) is 19.6 Å². The number of nitrogens with one attached hydrogen (secondary N) is 2. The summed E-state index contributed by atoms with van der Waals surface area (Å²) in [6.07, 6.45) is 3.34. The molecule has 104 valence electrons. The summed E-state index contributed by atoms with van der Waals surface area (Å²) < 4.78 is 13.3. The quantitative estimate of drug-likeness (QED) is 0.797. The maximum Gasteiger partial charge on any atom is 0.191 e. The van der Waals surface area contributed by atoms with Crippen molar-refractivity contribution in [3.05, 3.63) is 35.6 Å². The Morgan fingerprint density at radius 3 is 2.84 bits per heavy atom. The number of rotatable bonds is 3. The van der Waals surface area contributed by atoms with Gasteiger partial charge < -0.3 is 10.6 Å². The first kappa shape index (κ1) is 14.6. The van der Waals surface area contributed by atoms with Crippen LogP contribution in [0.15, 0.2) is 29.3 Å². The molecule has 0 aromatic heterocycles. The molecule has 1 fully saturated rings. The van der Waals surface area contributed by atoms with Gasteiger partial charge in [0.2, 0.25) is 0 Å². The lowest BCUT2D eigenvalue weighted by molar-refractivity contribution is 0.603. The molecule has 0 amide bonds. The standard InChI is InChI=1S/C14H18FN3.HI/c15-12-4-1-3-11(9-12)14(5-6-14)10-18-13-16-7-2-8-17-13;/h1,3-4,9H,2,5-8,10H2,(H2,16,17,18);1H. The second-order valence-electron chi connectivity index (χ2n) is 5.15. The molecule has 1 aliphatic carbocycles. The van der Waals surface area contributed by atoms with E-state index < -0.39 is 0 Å².